The van der Waals surface area contributed by atoms with Crippen LogP contribution in [-0.2, 0) is 16.1 Å². The molecule has 35 heavy (non-hydrogen) atoms. The first-order valence-corrected chi connectivity index (χ1v) is 12.5. The first-order chi connectivity index (χ1) is 17.1. The van der Waals surface area contributed by atoms with Crippen LogP contribution < -0.4 is 15.8 Å². The number of amides is 1. The predicted octanol–water partition coefficient (Wildman–Crippen LogP) is 4.29. The van der Waals surface area contributed by atoms with E-state index in [2.05, 4.69) is 16.8 Å². The Hall–Kier alpha value is -3.56. The van der Waals surface area contributed by atoms with Gasteiger partial charge in [-0.15, -0.1) is 6.58 Å². The highest BCUT2D eigenvalue weighted by Gasteiger charge is 2.17. The molecule has 9 heteroatoms. The molecule has 2 aromatic carbocycles. The number of nitrogens with one attached hydrogen (secondary N) is 1. The van der Waals surface area contributed by atoms with Crippen LogP contribution in [-0.4, -0.2) is 47.5 Å². The van der Waals surface area contributed by atoms with E-state index in [4.69, 9.17) is 14.1 Å². The normalized spacial score (nSPS) is 13.9. The number of para-hydroxylation sites is 1. The standard InChI is InChI=1S/C26H26N4O4S/c1-2-12-30-25(32)24-23(20-5-3-4-6-21(20)34-24)28-26(30)35-17-11-22(31)27-18-7-9-19(10-8-18)29-13-15-33-16-14-29/h2-10H,1,11-17H2,(H,27,31). The number of carbonyl (C=O) groups excluding carboxylic acids is 1. The number of nitrogens with zero attached hydrogens (tertiary/aromatic N) is 3. The molecule has 1 N–H and O–H groups in total. The van der Waals surface area contributed by atoms with Gasteiger partial charge in [0.15, 0.2) is 5.16 Å². The Balaban J connectivity index is 1.25. The van der Waals surface area contributed by atoms with E-state index >= 15 is 0 Å². The fourth-order valence-electron chi connectivity index (χ4n) is 4.09. The van der Waals surface area contributed by atoms with Crippen molar-refractivity contribution in [3.05, 3.63) is 71.5 Å². The van der Waals surface area contributed by atoms with Crippen molar-refractivity contribution in [2.75, 3.05) is 42.3 Å². The summed E-state index contributed by atoms with van der Waals surface area (Å²) in [6.45, 7) is 7.26. The van der Waals surface area contributed by atoms with Gasteiger partial charge in [0.25, 0.3) is 5.56 Å². The maximum absolute atomic E-state index is 13.1. The molecule has 2 aromatic heterocycles. The Labute approximate surface area is 206 Å². The molecule has 0 unspecified atom stereocenters. The third-order valence-electron chi connectivity index (χ3n) is 5.85. The van der Waals surface area contributed by atoms with Crippen molar-refractivity contribution in [1.82, 2.24) is 9.55 Å². The summed E-state index contributed by atoms with van der Waals surface area (Å²) in [6.07, 6.45) is 1.93. The lowest BCUT2D eigenvalue weighted by atomic mass is 10.2. The van der Waals surface area contributed by atoms with Crippen LogP contribution in [0, 0.1) is 0 Å². The van der Waals surface area contributed by atoms with Crippen LogP contribution in [0.15, 0.2) is 75.6 Å². The van der Waals surface area contributed by atoms with E-state index in [1.807, 2.05) is 48.5 Å². The highest BCUT2D eigenvalue weighted by Crippen LogP contribution is 2.27. The average molecular weight is 491 g/mol. The van der Waals surface area contributed by atoms with Crippen molar-refractivity contribution in [2.45, 2.75) is 18.1 Å². The number of carbonyl (C=O) groups is 1. The Bertz CT molecular complexity index is 1420. The quantitative estimate of drug-likeness (QED) is 0.224. The van der Waals surface area contributed by atoms with E-state index < -0.39 is 0 Å². The number of fused-ring (bicyclic) bond motifs is 3. The molecule has 0 radical (unpaired) electrons. The van der Waals surface area contributed by atoms with Crippen LogP contribution in [0.5, 0.6) is 0 Å². The third kappa shape index (κ3) is 4.96. The lowest BCUT2D eigenvalue weighted by molar-refractivity contribution is -0.115. The second-order valence-corrected chi connectivity index (χ2v) is 9.23. The molecule has 1 fully saturated rings. The fourth-order valence-corrected chi connectivity index (χ4v) is 5.03. The van der Waals surface area contributed by atoms with Crippen molar-refractivity contribution < 1.29 is 13.9 Å². The SMILES string of the molecule is C=CCn1c(SCCC(=O)Nc2ccc(N3CCOCC3)cc2)nc2c(oc3ccccc32)c1=O. The molecular formula is C26H26N4O4S. The Morgan fingerprint density at radius 2 is 1.91 bits per heavy atom. The van der Waals surface area contributed by atoms with E-state index in [1.165, 1.54) is 16.3 Å². The second-order valence-electron chi connectivity index (χ2n) is 8.17. The first-order valence-electron chi connectivity index (χ1n) is 11.5. The highest BCUT2D eigenvalue weighted by atomic mass is 32.2. The number of hydrogen-bond donors (Lipinski definition) is 1. The largest absolute Gasteiger partial charge is 0.448 e. The number of anilines is 2. The van der Waals surface area contributed by atoms with Gasteiger partial charge in [-0.2, -0.15) is 0 Å². The zero-order valence-corrected chi connectivity index (χ0v) is 20.1. The van der Waals surface area contributed by atoms with Crippen LogP contribution in [0.25, 0.3) is 22.1 Å². The molecule has 1 aliphatic rings. The van der Waals surface area contributed by atoms with E-state index in [9.17, 15) is 9.59 Å². The van der Waals surface area contributed by atoms with Gasteiger partial charge < -0.3 is 19.4 Å². The van der Waals surface area contributed by atoms with Crippen molar-refractivity contribution in [3.8, 4) is 0 Å². The molecule has 4 aromatic rings. The van der Waals surface area contributed by atoms with Crippen LogP contribution in [0.4, 0.5) is 11.4 Å². The van der Waals surface area contributed by atoms with Gasteiger partial charge in [-0.3, -0.25) is 14.2 Å². The zero-order chi connectivity index (χ0) is 24.2. The van der Waals surface area contributed by atoms with E-state index in [0.29, 0.717) is 28.6 Å². The molecular weight excluding hydrogens is 464 g/mol. The van der Waals surface area contributed by atoms with Gasteiger partial charge >= 0.3 is 0 Å². The summed E-state index contributed by atoms with van der Waals surface area (Å²) in [4.78, 5) is 32.6. The number of ether oxygens (including phenoxy) is 1. The maximum atomic E-state index is 13.1. The summed E-state index contributed by atoms with van der Waals surface area (Å²) in [5.41, 5.74) is 3.02. The smallest absolute Gasteiger partial charge is 0.298 e. The summed E-state index contributed by atoms with van der Waals surface area (Å²) < 4.78 is 12.7. The minimum absolute atomic E-state index is 0.0934. The molecule has 0 bridgehead atoms. The van der Waals surface area contributed by atoms with Crippen molar-refractivity contribution in [2.24, 2.45) is 0 Å². The van der Waals surface area contributed by atoms with Gasteiger partial charge in [0, 0.05) is 48.6 Å². The molecule has 1 amide bonds. The molecule has 0 atom stereocenters. The van der Waals surface area contributed by atoms with Gasteiger partial charge in [-0.25, -0.2) is 4.98 Å². The molecule has 1 aliphatic heterocycles. The number of thioether (sulfide) groups is 1. The number of benzene rings is 2. The third-order valence-corrected chi connectivity index (χ3v) is 6.82. The molecule has 0 spiro atoms. The predicted molar refractivity (Wildman–Crippen MR) is 139 cm³/mol. The summed E-state index contributed by atoms with van der Waals surface area (Å²) >= 11 is 1.37. The average Bonchev–Trinajstić information content (AvgIpc) is 3.26. The Kier molecular flexibility index (Phi) is 6.87. The molecule has 180 valence electrons. The summed E-state index contributed by atoms with van der Waals surface area (Å²) in [5, 5.41) is 4.28. The van der Waals surface area contributed by atoms with Gasteiger partial charge in [0.2, 0.25) is 11.5 Å². The van der Waals surface area contributed by atoms with Crippen LogP contribution >= 0.6 is 11.8 Å². The van der Waals surface area contributed by atoms with Gasteiger partial charge in [0.05, 0.1) is 13.2 Å². The van der Waals surface area contributed by atoms with Crippen LogP contribution in [0.2, 0.25) is 0 Å². The molecule has 0 saturated carbocycles. The summed E-state index contributed by atoms with van der Waals surface area (Å²) in [6, 6.07) is 15.3. The maximum Gasteiger partial charge on any atom is 0.298 e. The molecule has 3 heterocycles. The summed E-state index contributed by atoms with van der Waals surface area (Å²) in [7, 11) is 0. The fraction of sp³-hybridized carbons (Fsp3) is 0.269. The van der Waals surface area contributed by atoms with Crippen molar-refractivity contribution in [3.63, 3.8) is 0 Å². The molecule has 5 rings (SSSR count). The second kappa shape index (κ2) is 10.4. The number of rotatable bonds is 8. The molecule has 0 aliphatic carbocycles. The topological polar surface area (TPSA) is 89.6 Å². The number of aromatic nitrogens is 2. The van der Waals surface area contributed by atoms with Crippen LogP contribution in [0.3, 0.4) is 0 Å². The number of morpholine rings is 1. The molecule has 1 saturated heterocycles. The Morgan fingerprint density at radius 3 is 2.69 bits per heavy atom. The monoisotopic (exact) mass is 490 g/mol. The van der Waals surface area contributed by atoms with E-state index in [0.717, 1.165) is 43.1 Å². The Morgan fingerprint density at radius 1 is 1.14 bits per heavy atom. The summed E-state index contributed by atoms with van der Waals surface area (Å²) in [5.74, 6) is 0.381. The van der Waals surface area contributed by atoms with Gasteiger partial charge in [-0.05, 0) is 36.4 Å². The lowest BCUT2D eigenvalue weighted by Crippen LogP contribution is -2.36. The van der Waals surface area contributed by atoms with E-state index in [1.54, 1.807) is 6.08 Å². The molecule has 8 nitrogen and oxygen atoms in total. The van der Waals surface area contributed by atoms with Crippen LogP contribution in [0.1, 0.15) is 6.42 Å². The zero-order valence-electron chi connectivity index (χ0n) is 19.2. The van der Waals surface area contributed by atoms with E-state index in [-0.39, 0.29) is 23.5 Å². The minimum Gasteiger partial charge on any atom is -0.448 e. The lowest BCUT2D eigenvalue weighted by Gasteiger charge is -2.28. The number of furan rings is 1. The van der Waals surface area contributed by atoms with Gasteiger partial charge in [-0.1, -0.05) is 30.0 Å². The highest BCUT2D eigenvalue weighted by molar-refractivity contribution is 7.99. The minimum atomic E-state index is -0.251. The van der Waals surface area contributed by atoms with Gasteiger partial charge in [0.1, 0.15) is 11.1 Å². The van der Waals surface area contributed by atoms with Crippen molar-refractivity contribution >= 4 is 51.1 Å². The first kappa shape index (κ1) is 23.2. The number of allylic oxidation sites excluding steroid dienone is 1. The number of hydrogen-bond acceptors (Lipinski definition) is 7. The van der Waals surface area contributed by atoms with Crippen molar-refractivity contribution in [1.29, 1.82) is 0 Å².